The molecule has 0 atom stereocenters. The monoisotopic (exact) mass is 392 g/mol. The average Bonchev–Trinajstić information content (AvgIpc) is 3.13. The van der Waals surface area contributed by atoms with Gasteiger partial charge < -0.3 is 5.32 Å². The molecule has 0 bridgehead atoms. The van der Waals surface area contributed by atoms with Gasteiger partial charge in [0.1, 0.15) is 0 Å². The predicted molar refractivity (Wildman–Crippen MR) is 112 cm³/mol. The molecular weight excluding hydrogens is 376 g/mol. The zero-order valence-electron chi connectivity index (χ0n) is 14.7. The molecule has 2 aromatic carbocycles. The van der Waals surface area contributed by atoms with E-state index in [4.69, 9.17) is 16.6 Å². The number of aryl methyl sites for hydroxylation is 1. The molecule has 0 radical (unpaired) electrons. The highest BCUT2D eigenvalue weighted by atomic mass is 35.5. The van der Waals surface area contributed by atoms with Crippen molar-refractivity contribution in [2.75, 3.05) is 0 Å². The number of amides is 1. The molecule has 5 heteroatoms. The van der Waals surface area contributed by atoms with Crippen LogP contribution in [-0.2, 0) is 6.54 Å². The highest BCUT2D eigenvalue weighted by molar-refractivity contribution is 7.19. The largest absolute Gasteiger partial charge is 0.348 e. The van der Waals surface area contributed by atoms with Crippen LogP contribution in [0.3, 0.4) is 0 Å². The fourth-order valence-corrected chi connectivity index (χ4v) is 3.93. The second-order valence-electron chi connectivity index (χ2n) is 6.34. The van der Waals surface area contributed by atoms with Crippen molar-refractivity contribution in [3.63, 3.8) is 0 Å². The maximum Gasteiger partial charge on any atom is 0.252 e. The summed E-state index contributed by atoms with van der Waals surface area (Å²) in [5, 5.41) is 3.86. The first-order valence-electron chi connectivity index (χ1n) is 8.59. The first-order chi connectivity index (χ1) is 13.1. The number of nitrogens with one attached hydrogen (secondary N) is 1. The summed E-state index contributed by atoms with van der Waals surface area (Å²) in [6.45, 7) is 2.53. The van der Waals surface area contributed by atoms with E-state index in [1.54, 1.807) is 0 Å². The maximum atomic E-state index is 12.9. The third kappa shape index (κ3) is 3.87. The van der Waals surface area contributed by atoms with E-state index in [2.05, 4.69) is 5.32 Å². The van der Waals surface area contributed by atoms with Crippen LogP contribution in [-0.4, -0.2) is 10.9 Å². The molecule has 2 heterocycles. The van der Waals surface area contributed by atoms with Gasteiger partial charge in [-0.05, 0) is 36.8 Å². The van der Waals surface area contributed by atoms with Gasteiger partial charge >= 0.3 is 0 Å². The van der Waals surface area contributed by atoms with Gasteiger partial charge in [0.15, 0.2) is 0 Å². The second-order valence-corrected chi connectivity index (χ2v) is 8.06. The van der Waals surface area contributed by atoms with E-state index < -0.39 is 0 Å². The minimum absolute atomic E-state index is 0.113. The van der Waals surface area contributed by atoms with Gasteiger partial charge in [0.25, 0.3) is 5.91 Å². The number of rotatable bonds is 4. The minimum atomic E-state index is -0.113. The Morgan fingerprint density at radius 2 is 1.85 bits per heavy atom. The Morgan fingerprint density at radius 3 is 2.59 bits per heavy atom. The number of halogens is 1. The molecule has 1 N–H and O–H groups in total. The van der Waals surface area contributed by atoms with Crippen molar-refractivity contribution in [3.8, 4) is 10.6 Å². The summed E-state index contributed by atoms with van der Waals surface area (Å²) in [7, 11) is 0. The highest BCUT2D eigenvalue weighted by Crippen LogP contribution is 2.32. The lowest BCUT2D eigenvalue weighted by Crippen LogP contribution is -2.23. The molecule has 0 aliphatic heterocycles. The fourth-order valence-electron chi connectivity index (χ4n) is 2.92. The molecule has 134 valence electrons. The lowest BCUT2D eigenvalue weighted by molar-refractivity contribution is 0.0952. The molecule has 4 aromatic rings. The van der Waals surface area contributed by atoms with Crippen molar-refractivity contribution >= 4 is 39.7 Å². The van der Waals surface area contributed by atoms with E-state index in [0.717, 1.165) is 27.0 Å². The van der Waals surface area contributed by atoms with Gasteiger partial charge in [-0.25, -0.2) is 4.98 Å². The zero-order chi connectivity index (χ0) is 18.8. The van der Waals surface area contributed by atoms with E-state index in [-0.39, 0.29) is 5.91 Å². The van der Waals surface area contributed by atoms with E-state index in [1.165, 1.54) is 16.9 Å². The topological polar surface area (TPSA) is 42.0 Å². The van der Waals surface area contributed by atoms with Crippen LogP contribution in [0, 0.1) is 6.92 Å². The van der Waals surface area contributed by atoms with Crippen molar-refractivity contribution in [1.29, 1.82) is 0 Å². The minimum Gasteiger partial charge on any atom is -0.348 e. The van der Waals surface area contributed by atoms with Crippen LogP contribution >= 0.6 is 22.9 Å². The predicted octanol–water partition coefficient (Wildman–Crippen LogP) is 5.86. The summed E-state index contributed by atoms with van der Waals surface area (Å²) in [4.78, 5) is 18.6. The van der Waals surface area contributed by atoms with Gasteiger partial charge in [-0.1, -0.05) is 59.6 Å². The summed E-state index contributed by atoms with van der Waals surface area (Å²) in [6.07, 6.45) is 0. The van der Waals surface area contributed by atoms with Crippen LogP contribution in [0.25, 0.3) is 21.5 Å². The molecule has 1 amide bonds. The summed E-state index contributed by atoms with van der Waals surface area (Å²) in [6, 6.07) is 21.4. The molecule has 0 aliphatic rings. The third-order valence-corrected chi connectivity index (χ3v) is 5.61. The van der Waals surface area contributed by atoms with Gasteiger partial charge in [0, 0.05) is 11.9 Å². The van der Waals surface area contributed by atoms with E-state index in [1.807, 2.05) is 73.7 Å². The molecule has 0 spiro atoms. The number of hydrogen-bond acceptors (Lipinski definition) is 3. The Kier molecular flexibility index (Phi) is 4.92. The molecule has 0 aliphatic carbocycles. The third-order valence-electron chi connectivity index (χ3n) is 4.36. The van der Waals surface area contributed by atoms with Gasteiger partial charge in [-0.3, -0.25) is 4.79 Å². The lowest BCUT2D eigenvalue weighted by atomic mass is 10.1. The molecule has 27 heavy (non-hydrogen) atoms. The van der Waals surface area contributed by atoms with Crippen molar-refractivity contribution in [2.45, 2.75) is 13.5 Å². The van der Waals surface area contributed by atoms with Crippen molar-refractivity contribution in [1.82, 2.24) is 10.3 Å². The Balaban J connectivity index is 1.68. The quantitative estimate of drug-likeness (QED) is 0.473. The number of pyridine rings is 1. The average molecular weight is 393 g/mol. The van der Waals surface area contributed by atoms with Crippen LogP contribution in [0.1, 0.15) is 21.5 Å². The smallest absolute Gasteiger partial charge is 0.252 e. The number of aromatic nitrogens is 1. The number of nitrogens with zero attached hydrogens (tertiary/aromatic N) is 1. The summed E-state index contributed by atoms with van der Waals surface area (Å²) in [5.41, 5.74) is 4.43. The Labute approximate surface area is 166 Å². The summed E-state index contributed by atoms with van der Waals surface area (Å²) in [5.74, 6) is -0.113. The van der Waals surface area contributed by atoms with E-state index in [0.29, 0.717) is 16.4 Å². The normalized spacial score (nSPS) is 10.9. The molecular formula is C22H17ClN2OS. The first-order valence-corrected chi connectivity index (χ1v) is 9.79. The number of carbonyl (C=O) groups is 1. The highest BCUT2D eigenvalue weighted by Gasteiger charge is 2.14. The van der Waals surface area contributed by atoms with Gasteiger partial charge in [-0.2, -0.15) is 0 Å². The summed E-state index contributed by atoms with van der Waals surface area (Å²) < 4.78 is 0.699. The molecule has 2 aromatic heterocycles. The maximum absolute atomic E-state index is 12.9. The Hall–Kier alpha value is -2.69. The van der Waals surface area contributed by atoms with Crippen LogP contribution in [0.4, 0.5) is 0 Å². The summed E-state index contributed by atoms with van der Waals surface area (Å²) >= 11 is 7.52. The van der Waals surface area contributed by atoms with Crippen molar-refractivity contribution < 1.29 is 4.79 Å². The second kappa shape index (κ2) is 7.51. The number of para-hydroxylation sites is 1. The van der Waals surface area contributed by atoms with E-state index >= 15 is 0 Å². The lowest BCUT2D eigenvalue weighted by Gasteiger charge is -2.10. The van der Waals surface area contributed by atoms with E-state index in [9.17, 15) is 4.79 Å². The van der Waals surface area contributed by atoms with Crippen LogP contribution in [0.15, 0.2) is 66.7 Å². The van der Waals surface area contributed by atoms with Crippen molar-refractivity contribution in [2.24, 2.45) is 0 Å². The number of benzene rings is 2. The van der Waals surface area contributed by atoms with Gasteiger partial charge in [0.05, 0.1) is 26.0 Å². The van der Waals surface area contributed by atoms with Crippen molar-refractivity contribution in [3.05, 3.63) is 87.8 Å². The molecule has 3 nitrogen and oxygen atoms in total. The number of thiophene rings is 1. The zero-order valence-corrected chi connectivity index (χ0v) is 16.3. The first kappa shape index (κ1) is 17.7. The molecule has 4 rings (SSSR count). The molecule has 0 saturated carbocycles. The number of fused-ring (bicyclic) bond motifs is 1. The van der Waals surface area contributed by atoms with Crippen LogP contribution < -0.4 is 5.32 Å². The fraction of sp³-hybridized carbons (Fsp3) is 0.0909. The van der Waals surface area contributed by atoms with Crippen LogP contribution in [0.2, 0.25) is 4.34 Å². The SMILES string of the molecule is Cc1ccc(CNC(=O)c2cc(-c3ccc(Cl)s3)nc3ccccc23)cc1. The number of carbonyl (C=O) groups excluding carboxylic acids is 1. The van der Waals surface area contributed by atoms with Crippen LogP contribution in [0.5, 0.6) is 0 Å². The Morgan fingerprint density at radius 1 is 1.07 bits per heavy atom. The number of hydrogen-bond donors (Lipinski definition) is 1. The molecule has 0 saturated heterocycles. The molecule has 0 fully saturated rings. The molecule has 0 unspecified atom stereocenters. The van der Waals surface area contributed by atoms with Gasteiger partial charge in [0.2, 0.25) is 0 Å². The van der Waals surface area contributed by atoms with Gasteiger partial charge in [-0.15, -0.1) is 11.3 Å². The Bertz CT molecular complexity index is 1120. The standard InChI is InChI=1S/C22H17ClN2OS/c1-14-6-8-15(9-7-14)13-24-22(26)17-12-19(20-10-11-21(23)27-20)25-18-5-3-2-4-16(17)18/h2-12H,13H2,1H3,(H,24,26).